The van der Waals surface area contributed by atoms with Gasteiger partial charge < -0.3 is 36.2 Å². The van der Waals surface area contributed by atoms with Crippen LogP contribution < -0.4 is 26.0 Å². The van der Waals surface area contributed by atoms with Crippen molar-refractivity contribution in [2.45, 2.75) is 12.5 Å². The number of aliphatic imine (C=N–C) groups is 1. The number of rotatable bonds is 11. The molecule has 0 aliphatic carbocycles. The summed E-state index contributed by atoms with van der Waals surface area (Å²) in [4.78, 5) is 40.4. The van der Waals surface area contributed by atoms with Crippen LogP contribution in [0.1, 0.15) is 22.3 Å². The van der Waals surface area contributed by atoms with E-state index in [1.165, 1.54) is 24.3 Å². The molecule has 0 unspecified atom stereocenters. The van der Waals surface area contributed by atoms with Gasteiger partial charge in [-0.1, -0.05) is 30.3 Å². The number of ether oxygens (including phenoxy) is 1. The molecule has 6 N–H and O–H groups in total. The summed E-state index contributed by atoms with van der Waals surface area (Å²) >= 11 is 0. The summed E-state index contributed by atoms with van der Waals surface area (Å²) in [6, 6.07) is 11.9. The van der Waals surface area contributed by atoms with Crippen molar-refractivity contribution in [2.75, 3.05) is 32.8 Å². The predicted molar refractivity (Wildman–Crippen MR) is 134 cm³/mol. The Morgan fingerprint density at radius 3 is 2.67 bits per heavy atom. The summed E-state index contributed by atoms with van der Waals surface area (Å²) in [7, 11) is 0. The zero-order chi connectivity index (χ0) is 25.8. The van der Waals surface area contributed by atoms with Crippen LogP contribution in [-0.4, -0.2) is 72.8 Å². The maximum Gasteiger partial charge on any atom is 0.328 e. The number of carboxylic acid groups (broad SMARTS) is 1. The van der Waals surface area contributed by atoms with Crippen molar-refractivity contribution in [1.29, 1.82) is 0 Å². The van der Waals surface area contributed by atoms with Gasteiger partial charge in [0.25, 0.3) is 5.91 Å². The van der Waals surface area contributed by atoms with Crippen molar-refractivity contribution in [3.63, 3.8) is 0 Å². The summed E-state index contributed by atoms with van der Waals surface area (Å²) in [5.41, 5.74) is 0.725. The number of carbonyl (C=O) groups excluding carboxylic acids is 2. The second-order valence-corrected chi connectivity index (χ2v) is 7.82. The second kappa shape index (κ2) is 13.4. The number of aromatic hydroxyl groups is 1. The fourth-order valence-corrected chi connectivity index (χ4v) is 3.23. The monoisotopic (exact) mass is 495 g/mol. The van der Waals surface area contributed by atoms with Gasteiger partial charge in [-0.3, -0.25) is 14.6 Å². The SMILES string of the molecule is O=C(/C=C/c1ccccc1)N[C@@H](CNC(=O)c1ccc(OCCNC2=NCCCN2)cc1O)C(=O)O. The van der Waals surface area contributed by atoms with Gasteiger partial charge in [0.1, 0.15) is 24.1 Å². The van der Waals surface area contributed by atoms with Crippen LogP contribution in [-0.2, 0) is 9.59 Å². The van der Waals surface area contributed by atoms with Crippen molar-refractivity contribution >= 4 is 29.8 Å². The van der Waals surface area contributed by atoms with Gasteiger partial charge in [-0.25, -0.2) is 4.79 Å². The Labute approximate surface area is 208 Å². The molecule has 0 spiro atoms. The number of nitrogens with one attached hydrogen (secondary N) is 4. The van der Waals surface area contributed by atoms with E-state index in [0.717, 1.165) is 31.0 Å². The van der Waals surface area contributed by atoms with Gasteiger partial charge in [-0.05, 0) is 30.2 Å². The topological polar surface area (TPSA) is 161 Å². The second-order valence-electron chi connectivity index (χ2n) is 7.82. The van der Waals surface area contributed by atoms with E-state index in [4.69, 9.17) is 4.74 Å². The summed E-state index contributed by atoms with van der Waals surface area (Å²) in [6.45, 7) is 2.08. The molecular weight excluding hydrogens is 466 g/mol. The van der Waals surface area contributed by atoms with Crippen LogP contribution in [0.25, 0.3) is 6.08 Å². The average molecular weight is 496 g/mol. The zero-order valence-electron chi connectivity index (χ0n) is 19.6. The fourth-order valence-electron chi connectivity index (χ4n) is 3.23. The Kier molecular flexibility index (Phi) is 9.69. The molecule has 11 nitrogen and oxygen atoms in total. The lowest BCUT2D eigenvalue weighted by molar-refractivity contribution is -0.141. The highest BCUT2D eigenvalue weighted by Gasteiger charge is 2.21. The van der Waals surface area contributed by atoms with Gasteiger partial charge in [0.05, 0.1) is 12.1 Å². The number of nitrogens with zero attached hydrogens (tertiary/aromatic N) is 1. The molecule has 190 valence electrons. The minimum Gasteiger partial charge on any atom is -0.507 e. The summed E-state index contributed by atoms with van der Waals surface area (Å²) < 4.78 is 5.57. The molecule has 2 aromatic carbocycles. The van der Waals surface area contributed by atoms with Crippen molar-refractivity contribution < 1.29 is 29.3 Å². The first-order valence-corrected chi connectivity index (χ1v) is 11.4. The maximum atomic E-state index is 12.5. The molecule has 2 aromatic rings. The van der Waals surface area contributed by atoms with Crippen molar-refractivity contribution in [1.82, 2.24) is 21.3 Å². The lowest BCUT2D eigenvalue weighted by Crippen LogP contribution is -2.48. The first-order valence-electron chi connectivity index (χ1n) is 11.4. The Morgan fingerprint density at radius 2 is 1.97 bits per heavy atom. The number of carboxylic acids is 1. The highest BCUT2D eigenvalue weighted by molar-refractivity contribution is 5.98. The van der Waals surface area contributed by atoms with E-state index < -0.39 is 23.8 Å². The highest BCUT2D eigenvalue weighted by atomic mass is 16.5. The molecule has 1 heterocycles. The lowest BCUT2D eigenvalue weighted by Gasteiger charge is -2.16. The Balaban J connectivity index is 1.46. The molecule has 11 heteroatoms. The van der Waals surface area contributed by atoms with E-state index in [1.54, 1.807) is 18.2 Å². The van der Waals surface area contributed by atoms with Gasteiger partial charge in [-0.15, -0.1) is 0 Å². The zero-order valence-corrected chi connectivity index (χ0v) is 19.6. The summed E-state index contributed by atoms with van der Waals surface area (Å²) in [5.74, 6) is -1.85. The van der Waals surface area contributed by atoms with Crippen LogP contribution in [0.2, 0.25) is 0 Å². The number of hydrogen-bond donors (Lipinski definition) is 6. The number of aliphatic carboxylic acids is 1. The lowest BCUT2D eigenvalue weighted by atomic mass is 10.1. The normalized spacial score (nSPS) is 13.7. The van der Waals surface area contributed by atoms with Crippen LogP contribution >= 0.6 is 0 Å². The molecule has 3 rings (SSSR count). The van der Waals surface area contributed by atoms with Crippen LogP contribution in [0.5, 0.6) is 11.5 Å². The number of amides is 2. The summed E-state index contributed by atoms with van der Waals surface area (Å²) in [5, 5.41) is 30.6. The van der Waals surface area contributed by atoms with Crippen molar-refractivity contribution in [3.8, 4) is 11.5 Å². The van der Waals surface area contributed by atoms with E-state index in [9.17, 15) is 24.6 Å². The van der Waals surface area contributed by atoms with E-state index >= 15 is 0 Å². The third-order valence-electron chi connectivity index (χ3n) is 5.08. The first kappa shape index (κ1) is 26.1. The number of phenols is 1. The van der Waals surface area contributed by atoms with Crippen molar-refractivity contribution in [3.05, 3.63) is 65.7 Å². The highest BCUT2D eigenvalue weighted by Crippen LogP contribution is 2.23. The third kappa shape index (κ3) is 8.35. The van der Waals surface area contributed by atoms with Gasteiger partial charge in [0.15, 0.2) is 5.96 Å². The standard InChI is InChI=1S/C25H29N5O6/c31-21-15-18(36-14-13-28-25-26-11-4-12-27-25)8-9-19(21)23(33)29-16-20(24(34)35)30-22(32)10-7-17-5-2-1-3-6-17/h1-3,5-10,15,20,31H,4,11-14,16H2,(H,29,33)(H,30,32)(H,34,35)(H2,26,27,28)/b10-7+/t20-/m0/s1. The Hall–Kier alpha value is -4.54. The fraction of sp³-hybridized carbons (Fsp3) is 0.280. The van der Waals surface area contributed by atoms with Crippen LogP contribution in [0.3, 0.4) is 0 Å². The molecule has 2 amide bonds. The van der Waals surface area contributed by atoms with Gasteiger partial charge >= 0.3 is 5.97 Å². The number of benzene rings is 2. The maximum absolute atomic E-state index is 12.5. The van der Waals surface area contributed by atoms with E-state index in [1.807, 2.05) is 18.2 Å². The molecule has 0 saturated heterocycles. The molecule has 0 saturated carbocycles. The van der Waals surface area contributed by atoms with Gasteiger partial charge in [0, 0.05) is 31.8 Å². The number of carbonyl (C=O) groups is 3. The molecule has 0 aromatic heterocycles. The van der Waals surface area contributed by atoms with Crippen LogP contribution in [0.15, 0.2) is 59.6 Å². The Morgan fingerprint density at radius 1 is 1.17 bits per heavy atom. The van der Waals surface area contributed by atoms with Gasteiger partial charge in [-0.2, -0.15) is 0 Å². The minimum atomic E-state index is -1.36. The summed E-state index contributed by atoms with van der Waals surface area (Å²) in [6.07, 6.45) is 3.76. The first-order chi connectivity index (χ1) is 17.4. The van der Waals surface area contributed by atoms with Crippen molar-refractivity contribution in [2.24, 2.45) is 4.99 Å². The number of hydrogen-bond acceptors (Lipinski definition) is 8. The van der Waals surface area contributed by atoms with Gasteiger partial charge in [0.2, 0.25) is 5.91 Å². The van der Waals surface area contributed by atoms with E-state index in [2.05, 4.69) is 26.3 Å². The van der Waals surface area contributed by atoms with Crippen LogP contribution in [0, 0.1) is 0 Å². The smallest absolute Gasteiger partial charge is 0.328 e. The molecule has 1 aliphatic rings. The quantitative estimate of drug-likeness (QED) is 0.196. The van der Waals surface area contributed by atoms with Crippen LogP contribution in [0.4, 0.5) is 0 Å². The average Bonchev–Trinajstić information content (AvgIpc) is 2.88. The molecule has 36 heavy (non-hydrogen) atoms. The largest absolute Gasteiger partial charge is 0.507 e. The predicted octanol–water partition coefficient (Wildman–Crippen LogP) is 0.723. The third-order valence-corrected chi connectivity index (χ3v) is 5.08. The minimum absolute atomic E-state index is 0.0549. The molecule has 1 aliphatic heterocycles. The van der Waals surface area contributed by atoms with E-state index in [-0.39, 0.29) is 17.9 Å². The van der Waals surface area contributed by atoms with E-state index in [0.29, 0.717) is 18.9 Å². The number of guanidine groups is 1. The Bertz CT molecular complexity index is 1120. The molecule has 0 radical (unpaired) electrons. The number of phenolic OH excluding ortho intramolecular Hbond substituents is 1. The molecule has 0 fully saturated rings. The molecule has 0 bridgehead atoms. The molecule has 1 atom stereocenters. The molecular formula is C25H29N5O6.